The number of nitro benzene ring substituents is 1. The molecular formula is C28H27FN2O8. The predicted molar refractivity (Wildman–Crippen MR) is 140 cm³/mol. The second-order valence-electron chi connectivity index (χ2n) is 8.95. The molecule has 0 radical (unpaired) electrons. The third kappa shape index (κ3) is 5.07. The lowest BCUT2D eigenvalue weighted by molar-refractivity contribution is -0.384. The number of nitro groups is 1. The number of nitrogens with zero attached hydrogens (tertiary/aromatic N) is 1. The Bertz CT molecular complexity index is 1470. The number of hydrogen-bond acceptors (Lipinski definition) is 9. The smallest absolute Gasteiger partial charge is 0.271 e. The van der Waals surface area contributed by atoms with E-state index in [-0.39, 0.29) is 36.0 Å². The molecule has 3 N–H and O–H groups in total. The molecule has 0 aliphatic heterocycles. The number of carbonyl (C=O) groups excluding carboxylic acids is 2. The van der Waals surface area contributed by atoms with E-state index in [9.17, 15) is 29.9 Å². The lowest BCUT2D eigenvalue weighted by Gasteiger charge is -2.26. The standard InChI is InChI=1S/C28H27FN2O8/c1-3-5-12-38-27-23(29)21-22(26(35)20-18(33)11-10-17(32)19(20)25(21)34)24(28(27)39-13-6-4-2)30-15-8-7-9-16(14-15)31(36)37/h7-11,14,30,32-33H,3-6,12-13H2,1-2H3. The Morgan fingerprint density at radius 2 is 1.44 bits per heavy atom. The lowest BCUT2D eigenvalue weighted by Crippen LogP contribution is -2.25. The fraction of sp³-hybridized carbons (Fsp3) is 0.286. The van der Waals surface area contributed by atoms with Crippen LogP contribution in [0.5, 0.6) is 23.0 Å². The number of ether oxygens (including phenoxy) is 2. The number of hydrogen-bond donors (Lipinski definition) is 3. The molecule has 204 valence electrons. The van der Waals surface area contributed by atoms with Crippen LogP contribution in [0.1, 0.15) is 71.4 Å². The van der Waals surface area contributed by atoms with Crippen molar-refractivity contribution in [1.82, 2.24) is 0 Å². The van der Waals surface area contributed by atoms with E-state index in [0.717, 1.165) is 25.0 Å². The van der Waals surface area contributed by atoms with Crippen molar-refractivity contribution < 1.29 is 38.6 Å². The molecule has 0 aromatic heterocycles. The monoisotopic (exact) mass is 538 g/mol. The number of ketones is 2. The maximum Gasteiger partial charge on any atom is 0.271 e. The molecule has 0 fully saturated rings. The van der Waals surface area contributed by atoms with Crippen LogP contribution in [0.25, 0.3) is 0 Å². The molecule has 0 saturated carbocycles. The topological polar surface area (TPSA) is 148 Å². The SMILES string of the molecule is CCCCOc1c(F)c2c(c(Nc3cccc([N+](=O)[O-])c3)c1OCCCC)C(=O)c1c(O)ccc(O)c1C2=O. The van der Waals surface area contributed by atoms with Crippen molar-refractivity contribution in [2.75, 3.05) is 18.5 Å². The van der Waals surface area contributed by atoms with Crippen LogP contribution in [0.2, 0.25) is 0 Å². The number of anilines is 2. The zero-order chi connectivity index (χ0) is 28.3. The van der Waals surface area contributed by atoms with Crippen molar-refractivity contribution in [3.63, 3.8) is 0 Å². The molecule has 3 aromatic carbocycles. The number of phenolic OH excluding ortho intramolecular Hbond substituents is 2. The largest absolute Gasteiger partial charge is 0.507 e. The number of phenols is 2. The Kier molecular flexibility index (Phi) is 7.99. The van der Waals surface area contributed by atoms with Crippen LogP contribution in [0.3, 0.4) is 0 Å². The van der Waals surface area contributed by atoms with E-state index >= 15 is 4.39 Å². The highest BCUT2D eigenvalue weighted by Crippen LogP contribution is 2.50. The van der Waals surface area contributed by atoms with Gasteiger partial charge in [-0.2, -0.15) is 0 Å². The van der Waals surface area contributed by atoms with E-state index in [1.165, 1.54) is 24.3 Å². The molecule has 0 atom stereocenters. The van der Waals surface area contributed by atoms with Gasteiger partial charge in [-0.1, -0.05) is 32.8 Å². The average molecular weight is 539 g/mol. The van der Waals surface area contributed by atoms with Gasteiger partial charge in [-0.25, -0.2) is 4.39 Å². The van der Waals surface area contributed by atoms with Crippen molar-refractivity contribution >= 4 is 28.6 Å². The zero-order valence-electron chi connectivity index (χ0n) is 21.4. The summed E-state index contributed by atoms with van der Waals surface area (Å²) in [5, 5.41) is 35.1. The summed E-state index contributed by atoms with van der Waals surface area (Å²) >= 11 is 0. The van der Waals surface area contributed by atoms with E-state index in [2.05, 4.69) is 5.32 Å². The Morgan fingerprint density at radius 1 is 0.872 bits per heavy atom. The number of benzene rings is 3. The summed E-state index contributed by atoms with van der Waals surface area (Å²) < 4.78 is 27.8. The Balaban J connectivity index is 2.03. The molecule has 1 aliphatic carbocycles. The van der Waals surface area contributed by atoms with Crippen LogP contribution in [0.15, 0.2) is 36.4 Å². The Morgan fingerprint density at radius 3 is 2.00 bits per heavy atom. The average Bonchev–Trinajstić information content (AvgIpc) is 2.91. The minimum absolute atomic E-state index is 0.0807. The molecule has 10 nitrogen and oxygen atoms in total. The number of fused-ring (bicyclic) bond motifs is 2. The first-order valence-corrected chi connectivity index (χ1v) is 12.5. The molecule has 0 amide bonds. The number of carbonyl (C=O) groups is 2. The summed E-state index contributed by atoms with van der Waals surface area (Å²) in [4.78, 5) is 38.1. The second kappa shape index (κ2) is 11.4. The second-order valence-corrected chi connectivity index (χ2v) is 8.95. The van der Waals surface area contributed by atoms with Crippen molar-refractivity contribution in [1.29, 1.82) is 0 Å². The normalized spacial score (nSPS) is 12.1. The summed E-state index contributed by atoms with van der Waals surface area (Å²) in [6.45, 7) is 4.03. The van der Waals surface area contributed by atoms with Gasteiger partial charge in [-0.05, 0) is 31.0 Å². The lowest BCUT2D eigenvalue weighted by atomic mass is 9.81. The highest BCUT2D eigenvalue weighted by atomic mass is 19.1. The highest BCUT2D eigenvalue weighted by Gasteiger charge is 2.42. The van der Waals surface area contributed by atoms with Gasteiger partial charge in [0.15, 0.2) is 17.3 Å². The highest BCUT2D eigenvalue weighted by molar-refractivity contribution is 6.32. The third-order valence-corrected chi connectivity index (χ3v) is 6.24. The van der Waals surface area contributed by atoms with Gasteiger partial charge in [0.25, 0.3) is 5.69 Å². The van der Waals surface area contributed by atoms with E-state index in [1.807, 2.05) is 13.8 Å². The molecule has 3 aromatic rings. The van der Waals surface area contributed by atoms with Gasteiger partial charge in [0.05, 0.1) is 46.1 Å². The van der Waals surface area contributed by atoms with Gasteiger partial charge in [-0.3, -0.25) is 19.7 Å². The molecule has 0 saturated heterocycles. The molecule has 0 bridgehead atoms. The van der Waals surface area contributed by atoms with Gasteiger partial charge in [0, 0.05) is 17.8 Å². The fourth-order valence-corrected chi connectivity index (χ4v) is 4.27. The first-order valence-electron chi connectivity index (χ1n) is 12.5. The van der Waals surface area contributed by atoms with Crippen LogP contribution in [-0.2, 0) is 0 Å². The third-order valence-electron chi connectivity index (χ3n) is 6.24. The maximum atomic E-state index is 16.2. The van der Waals surface area contributed by atoms with Crippen molar-refractivity contribution in [2.24, 2.45) is 0 Å². The molecule has 1 aliphatic rings. The van der Waals surface area contributed by atoms with E-state index in [4.69, 9.17) is 9.47 Å². The summed E-state index contributed by atoms with van der Waals surface area (Å²) in [6.07, 6.45) is 2.61. The van der Waals surface area contributed by atoms with Crippen molar-refractivity contribution in [2.45, 2.75) is 39.5 Å². The van der Waals surface area contributed by atoms with Gasteiger partial charge >= 0.3 is 0 Å². The van der Waals surface area contributed by atoms with Gasteiger partial charge in [0.2, 0.25) is 11.6 Å². The number of halogens is 1. The van der Waals surface area contributed by atoms with E-state index in [0.29, 0.717) is 12.8 Å². The minimum atomic E-state index is -1.15. The first kappa shape index (κ1) is 27.4. The summed E-state index contributed by atoms with van der Waals surface area (Å²) in [7, 11) is 0. The number of non-ortho nitro benzene ring substituents is 1. The molecule has 4 rings (SSSR count). The Hall–Kier alpha value is -4.67. The van der Waals surface area contributed by atoms with Gasteiger partial charge in [0.1, 0.15) is 11.5 Å². The molecule has 0 unspecified atom stereocenters. The predicted octanol–water partition coefficient (Wildman–Crippen LogP) is 6.02. The van der Waals surface area contributed by atoms with Gasteiger partial charge < -0.3 is 25.0 Å². The molecule has 0 heterocycles. The van der Waals surface area contributed by atoms with Crippen molar-refractivity contribution in [3.8, 4) is 23.0 Å². The number of aromatic hydroxyl groups is 2. The quantitative estimate of drug-likeness (QED) is 0.0902. The molecule has 11 heteroatoms. The molecule has 0 spiro atoms. The number of unbranched alkanes of at least 4 members (excludes halogenated alkanes) is 2. The van der Waals surface area contributed by atoms with E-state index < -0.39 is 61.8 Å². The summed E-state index contributed by atoms with van der Waals surface area (Å²) in [5.41, 5.74) is -2.40. The van der Waals surface area contributed by atoms with E-state index in [1.54, 1.807) is 0 Å². The van der Waals surface area contributed by atoms with Crippen LogP contribution < -0.4 is 14.8 Å². The first-order chi connectivity index (χ1) is 18.7. The molecular weight excluding hydrogens is 511 g/mol. The van der Waals surface area contributed by atoms with Crippen molar-refractivity contribution in [3.05, 3.63) is 74.6 Å². The fourth-order valence-electron chi connectivity index (χ4n) is 4.27. The maximum absolute atomic E-state index is 16.2. The van der Waals surface area contributed by atoms with Crippen LogP contribution >= 0.6 is 0 Å². The van der Waals surface area contributed by atoms with Gasteiger partial charge in [-0.15, -0.1) is 0 Å². The van der Waals surface area contributed by atoms with Crippen LogP contribution in [0.4, 0.5) is 21.5 Å². The minimum Gasteiger partial charge on any atom is -0.507 e. The summed E-state index contributed by atoms with van der Waals surface area (Å²) in [5.74, 6) is -4.90. The summed E-state index contributed by atoms with van der Waals surface area (Å²) in [6, 6.07) is 7.46. The van der Waals surface area contributed by atoms with Crippen LogP contribution in [-0.4, -0.2) is 39.9 Å². The number of nitrogens with one attached hydrogen (secondary N) is 1. The Labute approximate surface area is 223 Å². The molecule has 39 heavy (non-hydrogen) atoms. The number of rotatable bonds is 11. The van der Waals surface area contributed by atoms with Crippen LogP contribution in [0, 0.1) is 15.9 Å². The zero-order valence-corrected chi connectivity index (χ0v) is 21.4.